The molecule has 0 saturated carbocycles. The molecule has 1 atom stereocenters. The lowest BCUT2D eigenvalue weighted by Gasteiger charge is -2.23. The second-order valence-electron chi connectivity index (χ2n) is 7.84. The highest BCUT2D eigenvalue weighted by Gasteiger charge is 2.28. The molecule has 0 spiro atoms. The molecule has 5 nitrogen and oxygen atoms in total. The van der Waals surface area contributed by atoms with Gasteiger partial charge in [-0.2, -0.15) is 0 Å². The van der Waals surface area contributed by atoms with Crippen molar-refractivity contribution in [2.24, 2.45) is 5.41 Å². The van der Waals surface area contributed by atoms with Gasteiger partial charge in [0.1, 0.15) is 18.5 Å². The van der Waals surface area contributed by atoms with Gasteiger partial charge in [0, 0.05) is 17.0 Å². The van der Waals surface area contributed by atoms with Crippen molar-refractivity contribution >= 4 is 28.5 Å². The Bertz CT molecular complexity index is 1050. The lowest BCUT2D eigenvalue weighted by Crippen LogP contribution is -2.25. The number of carbonyl (C=O) groups excluding carboxylic acids is 1. The molecule has 0 radical (unpaired) electrons. The molecule has 1 aromatic heterocycles. The number of aromatic amines is 1. The maximum atomic E-state index is 12.4. The summed E-state index contributed by atoms with van der Waals surface area (Å²) in [4.78, 5) is 27.1. The van der Waals surface area contributed by atoms with Crippen LogP contribution in [0.3, 0.4) is 0 Å². The first-order valence-electron chi connectivity index (χ1n) is 9.39. The summed E-state index contributed by atoms with van der Waals surface area (Å²) in [5, 5.41) is 0.725. The van der Waals surface area contributed by atoms with Crippen molar-refractivity contribution in [2.75, 3.05) is 5.88 Å². The quantitative estimate of drug-likeness (QED) is 0.457. The van der Waals surface area contributed by atoms with Crippen LogP contribution in [0.4, 0.5) is 0 Å². The average Bonchev–Trinajstić information content (AvgIpc) is 2.70. The van der Waals surface area contributed by atoms with Crippen LogP contribution in [-0.2, 0) is 16.1 Å². The van der Waals surface area contributed by atoms with E-state index in [1.54, 1.807) is 32.9 Å². The third-order valence-electron chi connectivity index (χ3n) is 4.48. The molecular weight excluding hydrogens is 390 g/mol. The third kappa shape index (κ3) is 4.98. The fraction of sp³-hybridized carbons (Fsp3) is 0.304. The highest BCUT2D eigenvalue weighted by atomic mass is 35.5. The number of nitrogens with one attached hydrogen (secondary N) is 1. The minimum Gasteiger partial charge on any atom is -0.487 e. The summed E-state index contributed by atoms with van der Waals surface area (Å²) in [5.74, 6) is 0.297. The van der Waals surface area contributed by atoms with Crippen LogP contribution in [0.15, 0.2) is 59.4 Å². The van der Waals surface area contributed by atoms with Crippen molar-refractivity contribution in [1.82, 2.24) is 4.98 Å². The van der Waals surface area contributed by atoms with Gasteiger partial charge in [0.2, 0.25) is 5.56 Å². The summed E-state index contributed by atoms with van der Waals surface area (Å²) in [6.07, 6.45) is -0.639. The van der Waals surface area contributed by atoms with Crippen LogP contribution in [0.2, 0.25) is 0 Å². The molecule has 0 aliphatic carbocycles. The minimum atomic E-state index is -0.646. The zero-order chi connectivity index (χ0) is 21.0. The Morgan fingerprint density at radius 2 is 1.79 bits per heavy atom. The standard InChI is InChI=1S/C23H24ClNO4/c1-23(2,3)22(27)29-19(13-24)16-9-11-18(21-17(16)10-12-20(26)25-21)28-14-15-7-5-4-6-8-15/h4-12,19H,13-14H2,1-3H3,(H,25,26)/t19-/m0/s1. The topological polar surface area (TPSA) is 68.4 Å². The number of H-pyrrole nitrogens is 1. The Morgan fingerprint density at radius 1 is 1.07 bits per heavy atom. The molecule has 152 valence electrons. The van der Waals surface area contributed by atoms with E-state index in [0.29, 0.717) is 17.9 Å². The number of pyridine rings is 1. The molecule has 0 unspecified atom stereocenters. The molecule has 0 aliphatic rings. The van der Waals surface area contributed by atoms with Gasteiger partial charge >= 0.3 is 5.97 Å². The van der Waals surface area contributed by atoms with Gasteiger partial charge in [0.05, 0.1) is 16.8 Å². The summed E-state index contributed by atoms with van der Waals surface area (Å²) < 4.78 is 11.6. The van der Waals surface area contributed by atoms with Crippen LogP contribution in [0, 0.1) is 5.41 Å². The summed E-state index contributed by atoms with van der Waals surface area (Å²) in [6, 6.07) is 16.5. The monoisotopic (exact) mass is 413 g/mol. The van der Waals surface area contributed by atoms with Gasteiger partial charge in [-0.1, -0.05) is 36.4 Å². The molecule has 0 bridgehead atoms. The highest BCUT2D eigenvalue weighted by molar-refractivity contribution is 6.18. The molecule has 2 aromatic carbocycles. The van der Waals surface area contributed by atoms with Crippen LogP contribution in [0.5, 0.6) is 5.75 Å². The van der Waals surface area contributed by atoms with E-state index < -0.39 is 11.5 Å². The normalized spacial score (nSPS) is 12.6. The first-order valence-corrected chi connectivity index (χ1v) is 9.93. The van der Waals surface area contributed by atoms with Crippen LogP contribution in [-0.4, -0.2) is 16.8 Å². The summed E-state index contributed by atoms with van der Waals surface area (Å²) in [7, 11) is 0. The van der Waals surface area contributed by atoms with E-state index in [9.17, 15) is 9.59 Å². The van der Waals surface area contributed by atoms with Gasteiger partial charge in [-0.05, 0) is 38.5 Å². The fourth-order valence-electron chi connectivity index (χ4n) is 2.87. The van der Waals surface area contributed by atoms with E-state index in [1.165, 1.54) is 6.07 Å². The van der Waals surface area contributed by atoms with Gasteiger partial charge in [-0.3, -0.25) is 9.59 Å². The SMILES string of the molecule is CC(C)(C)C(=O)O[C@@H](CCl)c1ccc(OCc2ccccc2)c2[nH]c(=O)ccc12. The molecular formula is C23H24ClNO4. The molecule has 1 N–H and O–H groups in total. The van der Waals surface area contributed by atoms with Crippen LogP contribution < -0.4 is 10.3 Å². The first-order chi connectivity index (χ1) is 13.8. The Balaban J connectivity index is 1.97. The number of rotatable bonds is 6. The number of esters is 1. The highest BCUT2D eigenvalue weighted by Crippen LogP contribution is 2.33. The first kappa shape index (κ1) is 20.9. The Hall–Kier alpha value is -2.79. The molecule has 0 saturated heterocycles. The number of ether oxygens (including phenoxy) is 2. The van der Waals surface area contributed by atoms with E-state index in [2.05, 4.69) is 4.98 Å². The van der Waals surface area contributed by atoms with E-state index in [4.69, 9.17) is 21.1 Å². The van der Waals surface area contributed by atoms with Crippen molar-refractivity contribution in [3.63, 3.8) is 0 Å². The third-order valence-corrected chi connectivity index (χ3v) is 4.76. The van der Waals surface area contributed by atoms with Crippen molar-refractivity contribution in [1.29, 1.82) is 0 Å². The Kier molecular flexibility index (Phi) is 6.28. The maximum Gasteiger partial charge on any atom is 0.311 e. The summed E-state index contributed by atoms with van der Waals surface area (Å²) in [6.45, 7) is 5.73. The van der Waals surface area contributed by atoms with Crippen LogP contribution >= 0.6 is 11.6 Å². The zero-order valence-electron chi connectivity index (χ0n) is 16.7. The van der Waals surface area contributed by atoms with E-state index in [1.807, 2.05) is 36.4 Å². The van der Waals surface area contributed by atoms with Gasteiger partial charge < -0.3 is 14.5 Å². The van der Waals surface area contributed by atoms with Gasteiger partial charge in [0.15, 0.2) is 0 Å². The second kappa shape index (κ2) is 8.70. The molecule has 0 amide bonds. The van der Waals surface area contributed by atoms with Crippen molar-refractivity contribution in [3.8, 4) is 5.75 Å². The van der Waals surface area contributed by atoms with E-state index in [0.717, 1.165) is 16.5 Å². The Labute approximate surface area is 174 Å². The van der Waals surface area contributed by atoms with E-state index in [-0.39, 0.29) is 17.4 Å². The fourth-order valence-corrected chi connectivity index (χ4v) is 3.10. The number of alkyl halides is 1. The largest absolute Gasteiger partial charge is 0.487 e. The zero-order valence-corrected chi connectivity index (χ0v) is 17.5. The number of halogens is 1. The number of hydrogen-bond donors (Lipinski definition) is 1. The predicted octanol–water partition coefficient (Wildman–Crippen LogP) is 4.98. The molecule has 3 aromatic rings. The van der Waals surface area contributed by atoms with Gasteiger partial charge in [0.25, 0.3) is 0 Å². The van der Waals surface area contributed by atoms with Gasteiger partial charge in [-0.15, -0.1) is 11.6 Å². The van der Waals surface area contributed by atoms with Crippen LogP contribution in [0.1, 0.15) is 38.0 Å². The van der Waals surface area contributed by atoms with Crippen molar-refractivity contribution < 1.29 is 14.3 Å². The number of benzene rings is 2. The molecule has 0 aliphatic heterocycles. The minimum absolute atomic E-state index is 0.0975. The average molecular weight is 414 g/mol. The number of hydrogen-bond acceptors (Lipinski definition) is 4. The number of carbonyl (C=O) groups is 1. The molecule has 0 fully saturated rings. The lowest BCUT2D eigenvalue weighted by atomic mass is 9.97. The molecule has 29 heavy (non-hydrogen) atoms. The number of fused-ring (bicyclic) bond motifs is 1. The number of aromatic nitrogens is 1. The summed E-state index contributed by atoms with van der Waals surface area (Å²) >= 11 is 6.13. The second-order valence-corrected chi connectivity index (χ2v) is 8.15. The summed E-state index contributed by atoms with van der Waals surface area (Å²) in [5.41, 5.74) is 1.39. The molecule has 6 heteroatoms. The maximum absolute atomic E-state index is 12.4. The Morgan fingerprint density at radius 3 is 2.45 bits per heavy atom. The van der Waals surface area contributed by atoms with Crippen LogP contribution in [0.25, 0.3) is 10.9 Å². The smallest absolute Gasteiger partial charge is 0.311 e. The predicted molar refractivity (Wildman–Crippen MR) is 114 cm³/mol. The van der Waals surface area contributed by atoms with Crippen molar-refractivity contribution in [3.05, 3.63) is 76.1 Å². The van der Waals surface area contributed by atoms with Crippen molar-refractivity contribution in [2.45, 2.75) is 33.5 Å². The molecule has 1 heterocycles. The van der Waals surface area contributed by atoms with Gasteiger partial charge in [-0.25, -0.2) is 0 Å². The molecule has 3 rings (SSSR count). The van der Waals surface area contributed by atoms with E-state index >= 15 is 0 Å². The lowest BCUT2D eigenvalue weighted by molar-refractivity contribution is -0.157.